The van der Waals surface area contributed by atoms with Crippen molar-refractivity contribution in [2.45, 2.75) is 46.6 Å². The molecule has 0 fully saturated rings. The Balaban J connectivity index is 0.000000169. The molecule has 0 radical (unpaired) electrons. The zero-order valence-corrected chi connectivity index (χ0v) is 30.9. The molecule has 1 N–H and O–H groups in total. The maximum absolute atomic E-state index is 12.9. The summed E-state index contributed by atoms with van der Waals surface area (Å²) < 4.78 is 2.01. The number of fused-ring (bicyclic) bond motifs is 4. The largest absolute Gasteiger partial charge is 0.392 e. The quantitative estimate of drug-likeness (QED) is 0.152. The second kappa shape index (κ2) is 16.7. The van der Waals surface area contributed by atoms with E-state index in [1.165, 1.54) is 16.9 Å². The lowest BCUT2D eigenvalue weighted by Crippen LogP contribution is -2.05. The first kappa shape index (κ1) is 36.9. The number of thiophene rings is 2. The molecule has 0 saturated heterocycles. The van der Waals surface area contributed by atoms with Gasteiger partial charge in [0.2, 0.25) is 0 Å². The molecule has 8 rings (SSSR count). The van der Waals surface area contributed by atoms with Gasteiger partial charge in [-0.15, -0.1) is 22.7 Å². The van der Waals surface area contributed by atoms with Gasteiger partial charge in [0.25, 0.3) is 0 Å². The predicted octanol–water partition coefficient (Wildman–Crippen LogP) is 8.63. The first-order valence-electron chi connectivity index (χ1n) is 16.8. The first-order chi connectivity index (χ1) is 25.7. The highest BCUT2D eigenvalue weighted by Gasteiger charge is 2.17. The summed E-state index contributed by atoms with van der Waals surface area (Å²) >= 11 is 3.08. The van der Waals surface area contributed by atoms with E-state index in [2.05, 4.69) is 45.1 Å². The molecule has 0 unspecified atom stereocenters. The van der Waals surface area contributed by atoms with Gasteiger partial charge < -0.3 is 5.11 Å². The van der Waals surface area contributed by atoms with Crippen molar-refractivity contribution in [3.63, 3.8) is 0 Å². The van der Waals surface area contributed by atoms with E-state index >= 15 is 0 Å². The molecular weight excluding hydrogens is 705 g/mol. The van der Waals surface area contributed by atoms with Gasteiger partial charge >= 0.3 is 6.15 Å². The number of hydrogen-bond donors (Lipinski definition) is 1. The molecule has 0 aliphatic carbocycles. The molecule has 0 amide bonds. The predicted molar refractivity (Wildman–Crippen MR) is 209 cm³/mol. The third kappa shape index (κ3) is 8.30. The van der Waals surface area contributed by atoms with Gasteiger partial charge in [-0.2, -0.15) is 9.59 Å². The molecule has 8 aromatic rings. The maximum atomic E-state index is 12.9. The first-order valence-corrected chi connectivity index (χ1v) is 18.6. The van der Waals surface area contributed by atoms with E-state index in [1.54, 1.807) is 29.9 Å². The zero-order valence-electron chi connectivity index (χ0n) is 29.3. The molecule has 0 saturated carbocycles. The number of Topliss-reactive ketones (excluding diaryl/α,β-unsaturated/α-hetero) is 2. The Labute approximate surface area is 313 Å². The average Bonchev–Trinajstić information content (AvgIpc) is 3.80. The van der Waals surface area contributed by atoms with Crippen LogP contribution in [0.2, 0.25) is 0 Å². The lowest BCUT2D eigenvalue weighted by Gasteiger charge is -2.07. The number of aromatic nitrogens is 4. The van der Waals surface area contributed by atoms with E-state index in [0.717, 1.165) is 76.5 Å². The minimum Gasteiger partial charge on any atom is -0.392 e. The van der Waals surface area contributed by atoms with Crippen LogP contribution in [0, 0.1) is 13.8 Å². The van der Waals surface area contributed by atoms with E-state index in [0.29, 0.717) is 23.9 Å². The van der Waals surface area contributed by atoms with Gasteiger partial charge in [0.15, 0.2) is 11.6 Å². The number of ketones is 2. The van der Waals surface area contributed by atoms with Crippen molar-refractivity contribution in [2.24, 2.45) is 0 Å². The summed E-state index contributed by atoms with van der Waals surface area (Å²) in [5, 5.41) is 15.1. The highest BCUT2D eigenvalue weighted by atomic mass is 32.1. The fourth-order valence-electron chi connectivity index (χ4n) is 6.05. The Morgan fingerprint density at radius 1 is 0.679 bits per heavy atom. The SMILES string of the molecule is CCc1cnc2c(C(=O)Cc3cc4cccnc4cc3C)csc2c1.Cc1cc2ncccc2cc1CC(=O)c1csc2cc(CO)cnc12.O=C=O. The highest BCUT2D eigenvalue weighted by Crippen LogP contribution is 2.29. The summed E-state index contributed by atoms with van der Waals surface area (Å²) in [6.07, 6.45) is 8.99. The number of carbonyl (C=O) groups excluding carboxylic acids is 4. The molecule has 2 aromatic carbocycles. The second-order valence-corrected chi connectivity index (χ2v) is 14.2. The van der Waals surface area contributed by atoms with Crippen molar-refractivity contribution in [3.8, 4) is 0 Å². The lowest BCUT2D eigenvalue weighted by atomic mass is 9.98. The van der Waals surface area contributed by atoms with Gasteiger partial charge in [0, 0.05) is 59.2 Å². The van der Waals surface area contributed by atoms with E-state index in [-0.39, 0.29) is 24.3 Å². The van der Waals surface area contributed by atoms with Crippen LogP contribution in [0.3, 0.4) is 0 Å². The number of hydrogen-bond acceptors (Lipinski definition) is 11. The van der Waals surface area contributed by atoms with Crippen molar-refractivity contribution < 1.29 is 24.3 Å². The number of aliphatic hydroxyl groups excluding tert-OH is 1. The summed E-state index contributed by atoms with van der Waals surface area (Å²) in [4.78, 5) is 59.6. The number of nitrogens with zero attached hydrogens (tertiary/aromatic N) is 4. The molecule has 0 aliphatic heterocycles. The Hall–Kier alpha value is -5.84. The average molecular weight is 739 g/mol. The highest BCUT2D eigenvalue weighted by molar-refractivity contribution is 7.17. The second-order valence-electron chi connectivity index (χ2n) is 12.4. The molecule has 0 spiro atoms. The molecule has 53 heavy (non-hydrogen) atoms. The molecule has 9 nitrogen and oxygen atoms in total. The molecule has 0 atom stereocenters. The van der Waals surface area contributed by atoms with E-state index in [4.69, 9.17) is 9.59 Å². The Bertz CT molecular complexity index is 2480. The van der Waals surface area contributed by atoms with Crippen LogP contribution in [0.1, 0.15) is 61.0 Å². The van der Waals surface area contributed by atoms with Crippen LogP contribution >= 0.6 is 22.7 Å². The van der Waals surface area contributed by atoms with Gasteiger partial charge in [-0.05, 0) is 102 Å². The van der Waals surface area contributed by atoms with Gasteiger partial charge in [-0.1, -0.05) is 19.1 Å². The topological polar surface area (TPSA) is 140 Å². The molecule has 0 bridgehead atoms. The monoisotopic (exact) mass is 738 g/mol. The van der Waals surface area contributed by atoms with Crippen LogP contribution in [0.4, 0.5) is 0 Å². The number of carbonyl (C=O) groups is 2. The standard InChI is InChI=1S/C21H18N2OS.C20H16N2O2S.CO2/c1-3-14-8-20-21(23-11-14)17(12-25-20)19(24)10-16-9-15-5-4-6-22-18(15)7-13(16)2;1-12-5-17-14(3-2-4-21-17)7-15(12)8-18(24)16-11-25-19-6-13(10-23)9-22-20(16)19;2-1-3/h4-9,11-12H,3,10H2,1-2H3;2-7,9,11,23H,8,10H2,1H3;. The Morgan fingerprint density at radius 2 is 1.13 bits per heavy atom. The summed E-state index contributed by atoms with van der Waals surface area (Å²) in [6.45, 7) is 6.11. The summed E-state index contributed by atoms with van der Waals surface area (Å²) in [5.74, 6) is 0.177. The molecule has 264 valence electrons. The van der Waals surface area contributed by atoms with Crippen molar-refractivity contribution in [1.29, 1.82) is 0 Å². The van der Waals surface area contributed by atoms with Crippen LogP contribution in [0.15, 0.2) is 96.2 Å². The van der Waals surface area contributed by atoms with Gasteiger partial charge in [0.05, 0.1) is 49.2 Å². The normalized spacial score (nSPS) is 10.8. The summed E-state index contributed by atoms with van der Waals surface area (Å²) in [5.41, 5.74) is 11.0. The smallest absolute Gasteiger partial charge is 0.373 e. The van der Waals surface area contributed by atoms with Crippen LogP contribution in [-0.4, -0.2) is 42.8 Å². The summed E-state index contributed by atoms with van der Waals surface area (Å²) in [6, 6.07) is 20.1. The minimum atomic E-state index is -0.0472. The summed E-state index contributed by atoms with van der Waals surface area (Å²) in [7, 11) is 0. The number of pyridine rings is 4. The lowest BCUT2D eigenvalue weighted by molar-refractivity contribution is -0.191. The molecule has 11 heteroatoms. The van der Waals surface area contributed by atoms with Crippen LogP contribution in [0.5, 0.6) is 0 Å². The molecule has 6 aromatic heterocycles. The third-order valence-corrected chi connectivity index (χ3v) is 10.8. The van der Waals surface area contributed by atoms with E-state index in [1.807, 2.05) is 73.3 Å². The molecular formula is C42H34N4O5S2. The zero-order chi connectivity index (χ0) is 37.5. The fourth-order valence-corrected chi connectivity index (χ4v) is 8.01. The van der Waals surface area contributed by atoms with Crippen molar-refractivity contribution >= 4 is 82.6 Å². The maximum Gasteiger partial charge on any atom is 0.373 e. The van der Waals surface area contributed by atoms with Crippen molar-refractivity contribution in [2.75, 3.05) is 0 Å². The van der Waals surface area contributed by atoms with Crippen LogP contribution in [0.25, 0.3) is 42.2 Å². The Morgan fingerprint density at radius 3 is 1.58 bits per heavy atom. The van der Waals surface area contributed by atoms with Gasteiger partial charge in [-0.25, -0.2) is 0 Å². The number of rotatable bonds is 8. The number of aliphatic hydroxyl groups is 1. The van der Waals surface area contributed by atoms with Crippen LogP contribution < -0.4 is 0 Å². The molecule has 6 heterocycles. The van der Waals surface area contributed by atoms with E-state index in [9.17, 15) is 14.7 Å². The number of aryl methyl sites for hydroxylation is 3. The van der Waals surface area contributed by atoms with Gasteiger partial charge in [-0.3, -0.25) is 29.5 Å². The minimum absolute atomic E-state index is 0.0472. The van der Waals surface area contributed by atoms with Gasteiger partial charge in [0.1, 0.15) is 0 Å². The van der Waals surface area contributed by atoms with Crippen LogP contribution in [-0.2, 0) is 35.5 Å². The Kier molecular flexibility index (Phi) is 11.6. The van der Waals surface area contributed by atoms with Crippen molar-refractivity contribution in [1.82, 2.24) is 19.9 Å². The van der Waals surface area contributed by atoms with E-state index < -0.39 is 0 Å². The number of benzene rings is 2. The fraction of sp³-hybridized carbons (Fsp3) is 0.167. The molecule has 0 aliphatic rings. The van der Waals surface area contributed by atoms with Crippen molar-refractivity contribution in [3.05, 3.63) is 141 Å². The third-order valence-electron chi connectivity index (χ3n) is 8.95.